The van der Waals surface area contributed by atoms with Crippen molar-refractivity contribution in [1.82, 2.24) is 0 Å². The smallest absolute Gasteiger partial charge is 0.148 e. The highest BCUT2D eigenvalue weighted by atomic mass is 35.5. The number of hydrogen-bond acceptors (Lipinski definition) is 4. The average Bonchev–Trinajstić information content (AvgIpc) is 2.50. The number of phenols is 1. The van der Waals surface area contributed by atoms with Gasteiger partial charge in [-0.2, -0.15) is 0 Å². The second-order valence-electron chi connectivity index (χ2n) is 6.60. The summed E-state index contributed by atoms with van der Waals surface area (Å²) in [5, 5.41) is 10.5. The van der Waals surface area contributed by atoms with E-state index >= 15 is 0 Å². The Hall–Kier alpha value is -1.83. The number of Topliss-reactive ketones (excluding diaryl/α,β-unsaturated/α-hetero) is 2. The first-order valence-electron chi connectivity index (χ1n) is 8.04. The van der Waals surface area contributed by atoms with Gasteiger partial charge in [-0.25, -0.2) is 0 Å². The second kappa shape index (κ2) is 6.58. The van der Waals surface area contributed by atoms with E-state index in [0.29, 0.717) is 31.6 Å². The van der Waals surface area contributed by atoms with E-state index in [2.05, 4.69) is 11.8 Å². The third-order valence-electron chi connectivity index (χ3n) is 4.96. The topological polar surface area (TPSA) is 63.6 Å². The molecule has 2 fully saturated rings. The molecule has 1 saturated heterocycles. The summed E-state index contributed by atoms with van der Waals surface area (Å²) in [5.41, 5.74) is 0.495. The van der Waals surface area contributed by atoms with Crippen molar-refractivity contribution in [2.45, 2.75) is 38.5 Å². The monoisotopic (exact) mass is 346 g/mol. The Morgan fingerprint density at radius 2 is 1.83 bits per heavy atom. The van der Waals surface area contributed by atoms with Crippen molar-refractivity contribution in [2.75, 3.05) is 13.2 Å². The van der Waals surface area contributed by atoms with Gasteiger partial charge in [-0.15, -0.1) is 5.92 Å². The van der Waals surface area contributed by atoms with Gasteiger partial charge in [0.1, 0.15) is 23.2 Å². The molecule has 1 heterocycles. The molecule has 0 amide bonds. The van der Waals surface area contributed by atoms with Crippen LogP contribution in [0.3, 0.4) is 0 Å². The standard InChI is InChI=1S/C19H19ClO4/c1-2-3-12-8-13(20)17(14(21)9-12)18-15(22)10-19(11-16(18)23)4-6-24-7-5-19/h8-9,18,21H,4-7,10-11H2,1H3. The second-order valence-corrected chi connectivity index (χ2v) is 7.00. The summed E-state index contributed by atoms with van der Waals surface area (Å²) >= 11 is 6.26. The van der Waals surface area contributed by atoms with Crippen molar-refractivity contribution < 1.29 is 19.4 Å². The van der Waals surface area contributed by atoms with E-state index in [4.69, 9.17) is 16.3 Å². The van der Waals surface area contributed by atoms with Gasteiger partial charge in [-0.3, -0.25) is 9.59 Å². The van der Waals surface area contributed by atoms with Crippen LogP contribution in [0.4, 0.5) is 0 Å². The lowest BCUT2D eigenvalue weighted by Gasteiger charge is -2.41. The minimum absolute atomic E-state index is 0.144. The normalized spacial score (nSPS) is 20.8. The number of hydrogen-bond donors (Lipinski definition) is 1. The van der Waals surface area contributed by atoms with Crippen LogP contribution < -0.4 is 0 Å². The largest absolute Gasteiger partial charge is 0.508 e. The molecule has 0 radical (unpaired) electrons. The molecule has 1 saturated carbocycles. The van der Waals surface area contributed by atoms with Gasteiger partial charge >= 0.3 is 0 Å². The third-order valence-corrected chi connectivity index (χ3v) is 5.27. The van der Waals surface area contributed by atoms with E-state index in [1.807, 2.05) is 0 Å². The quantitative estimate of drug-likeness (QED) is 0.626. The van der Waals surface area contributed by atoms with E-state index in [-0.39, 0.29) is 33.3 Å². The molecule has 4 nitrogen and oxygen atoms in total. The molecule has 5 heteroatoms. The molecule has 24 heavy (non-hydrogen) atoms. The number of ketones is 2. The lowest BCUT2D eigenvalue weighted by molar-refractivity contribution is -0.139. The molecule has 3 rings (SSSR count). The van der Waals surface area contributed by atoms with E-state index in [1.54, 1.807) is 13.0 Å². The van der Waals surface area contributed by atoms with Gasteiger partial charge in [-0.1, -0.05) is 17.5 Å². The van der Waals surface area contributed by atoms with Gasteiger partial charge in [0.05, 0.1) is 0 Å². The number of carbonyl (C=O) groups is 2. The number of ether oxygens (including phenoxy) is 1. The van der Waals surface area contributed by atoms with Crippen molar-refractivity contribution in [1.29, 1.82) is 0 Å². The molecule has 0 aromatic heterocycles. The van der Waals surface area contributed by atoms with E-state index in [9.17, 15) is 14.7 Å². The zero-order valence-corrected chi connectivity index (χ0v) is 14.3. The van der Waals surface area contributed by atoms with Crippen LogP contribution in [-0.4, -0.2) is 29.9 Å². The van der Waals surface area contributed by atoms with E-state index < -0.39 is 5.92 Å². The molecule has 0 bridgehead atoms. The van der Waals surface area contributed by atoms with Gasteiger partial charge in [0.25, 0.3) is 0 Å². The summed E-state index contributed by atoms with van der Waals surface area (Å²) in [6.07, 6.45) is 2.11. The molecule has 1 N–H and O–H groups in total. The molecule has 1 aliphatic carbocycles. The molecular formula is C19H19ClO4. The number of halogens is 1. The Morgan fingerprint density at radius 1 is 1.21 bits per heavy atom. The number of aromatic hydroxyl groups is 1. The predicted octanol–water partition coefficient (Wildman–Crippen LogP) is 3.23. The van der Waals surface area contributed by atoms with Crippen molar-refractivity contribution in [3.05, 3.63) is 28.3 Å². The highest BCUT2D eigenvalue weighted by Crippen LogP contribution is 2.47. The predicted molar refractivity (Wildman–Crippen MR) is 90.1 cm³/mol. The van der Waals surface area contributed by atoms with Crippen LogP contribution in [0, 0.1) is 17.3 Å². The number of phenolic OH excluding ortho intramolecular Hbond substituents is 1. The van der Waals surface area contributed by atoms with Gasteiger partial charge in [0.2, 0.25) is 0 Å². The maximum absolute atomic E-state index is 12.7. The number of benzene rings is 1. The molecule has 126 valence electrons. The lowest BCUT2D eigenvalue weighted by Crippen LogP contribution is -2.42. The maximum atomic E-state index is 12.7. The minimum atomic E-state index is -0.977. The van der Waals surface area contributed by atoms with E-state index in [1.165, 1.54) is 6.07 Å². The first-order chi connectivity index (χ1) is 11.5. The zero-order chi connectivity index (χ0) is 17.3. The van der Waals surface area contributed by atoms with Crippen LogP contribution >= 0.6 is 11.6 Å². The van der Waals surface area contributed by atoms with Crippen LogP contribution in [-0.2, 0) is 14.3 Å². The fraction of sp³-hybridized carbons (Fsp3) is 0.474. The van der Waals surface area contributed by atoms with Gasteiger partial charge in [0, 0.05) is 42.2 Å². The molecule has 1 aromatic rings. The molecule has 0 atom stereocenters. The van der Waals surface area contributed by atoms with Crippen LogP contribution in [0.2, 0.25) is 5.02 Å². The fourth-order valence-corrected chi connectivity index (χ4v) is 4.09. The molecule has 1 aliphatic heterocycles. The van der Waals surface area contributed by atoms with Crippen molar-refractivity contribution in [3.8, 4) is 17.6 Å². The van der Waals surface area contributed by atoms with Gasteiger partial charge in [0.15, 0.2) is 0 Å². The summed E-state index contributed by atoms with van der Waals surface area (Å²) in [5.74, 6) is 4.08. The molecular weight excluding hydrogens is 328 g/mol. The minimum Gasteiger partial charge on any atom is -0.508 e. The SMILES string of the molecule is CC#Cc1cc(O)c(C2C(=O)CC3(CCOCC3)CC2=O)c(Cl)c1. The summed E-state index contributed by atoms with van der Waals surface area (Å²) in [6.45, 7) is 2.85. The van der Waals surface area contributed by atoms with Crippen LogP contribution in [0.5, 0.6) is 5.75 Å². The molecule has 1 aromatic carbocycles. The highest BCUT2D eigenvalue weighted by molar-refractivity contribution is 6.32. The van der Waals surface area contributed by atoms with Crippen molar-refractivity contribution in [3.63, 3.8) is 0 Å². The Balaban J connectivity index is 1.94. The first-order valence-corrected chi connectivity index (χ1v) is 8.42. The van der Waals surface area contributed by atoms with Crippen molar-refractivity contribution in [2.24, 2.45) is 5.41 Å². The van der Waals surface area contributed by atoms with Gasteiger partial charge < -0.3 is 9.84 Å². The van der Waals surface area contributed by atoms with Gasteiger partial charge in [-0.05, 0) is 37.3 Å². The van der Waals surface area contributed by atoms with Crippen LogP contribution in [0.1, 0.15) is 49.7 Å². The fourth-order valence-electron chi connectivity index (χ4n) is 3.77. The Labute approximate surface area is 146 Å². The van der Waals surface area contributed by atoms with Crippen LogP contribution in [0.25, 0.3) is 0 Å². The Morgan fingerprint density at radius 3 is 2.38 bits per heavy atom. The number of carbonyl (C=O) groups excluding carboxylic acids is 2. The average molecular weight is 347 g/mol. The third kappa shape index (κ3) is 3.07. The summed E-state index contributed by atoms with van der Waals surface area (Å²) in [6, 6.07) is 3.05. The summed E-state index contributed by atoms with van der Waals surface area (Å²) < 4.78 is 5.36. The lowest BCUT2D eigenvalue weighted by atomic mass is 9.64. The van der Waals surface area contributed by atoms with E-state index in [0.717, 1.165) is 12.8 Å². The Bertz CT molecular complexity index is 707. The maximum Gasteiger partial charge on any atom is 0.148 e. The first kappa shape index (κ1) is 17.0. The summed E-state index contributed by atoms with van der Waals surface area (Å²) in [4.78, 5) is 25.5. The summed E-state index contributed by atoms with van der Waals surface area (Å²) in [7, 11) is 0. The number of rotatable bonds is 1. The zero-order valence-electron chi connectivity index (χ0n) is 13.5. The molecule has 2 aliphatic rings. The molecule has 1 spiro atoms. The van der Waals surface area contributed by atoms with Crippen molar-refractivity contribution >= 4 is 23.2 Å². The Kier molecular flexibility index (Phi) is 4.67. The van der Waals surface area contributed by atoms with Crippen LogP contribution in [0.15, 0.2) is 12.1 Å². The highest BCUT2D eigenvalue weighted by Gasteiger charge is 2.47. The molecule has 0 unspecified atom stereocenters.